The van der Waals surface area contributed by atoms with Crippen LogP contribution < -0.4 is 20.5 Å². The molecule has 2 aromatic rings. The number of likely N-dealkylation sites (tertiary alicyclic amines) is 1. The summed E-state index contributed by atoms with van der Waals surface area (Å²) >= 11 is 0. The van der Waals surface area contributed by atoms with Gasteiger partial charge in [-0.1, -0.05) is 6.08 Å². The lowest BCUT2D eigenvalue weighted by Gasteiger charge is -2.40. The number of likely N-dealkylation sites (N-methyl/N-ethyl adjacent to an activating group) is 1. The van der Waals surface area contributed by atoms with Crippen molar-refractivity contribution in [3.63, 3.8) is 0 Å². The molecule has 0 spiro atoms. The number of H-pyrrole nitrogens is 1. The molecule has 33 heavy (non-hydrogen) atoms. The molecule has 0 radical (unpaired) electrons. The summed E-state index contributed by atoms with van der Waals surface area (Å²) in [6, 6.07) is 5.85. The zero-order valence-corrected chi connectivity index (χ0v) is 19.4. The van der Waals surface area contributed by atoms with Crippen LogP contribution in [0.15, 0.2) is 47.5 Å². The van der Waals surface area contributed by atoms with Gasteiger partial charge >= 0.3 is 0 Å². The Labute approximate surface area is 194 Å². The number of anilines is 1. The van der Waals surface area contributed by atoms with E-state index in [1.165, 1.54) is 12.8 Å². The van der Waals surface area contributed by atoms with Gasteiger partial charge in [-0.25, -0.2) is 4.98 Å². The van der Waals surface area contributed by atoms with E-state index in [1.54, 1.807) is 25.6 Å². The van der Waals surface area contributed by atoms with Gasteiger partial charge in [0.25, 0.3) is 5.56 Å². The van der Waals surface area contributed by atoms with E-state index in [2.05, 4.69) is 20.2 Å². The van der Waals surface area contributed by atoms with Crippen molar-refractivity contribution in [2.24, 2.45) is 5.92 Å². The second-order valence-electron chi connectivity index (χ2n) is 8.83. The molecule has 8 nitrogen and oxygen atoms in total. The van der Waals surface area contributed by atoms with Gasteiger partial charge in [0.15, 0.2) is 0 Å². The molecule has 1 saturated carbocycles. The van der Waals surface area contributed by atoms with Gasteiger partial charge in [0.05, 0.1) is 7.11 Å². The molecule has 2 aromatic heterocycles. The van der Waals surface area contributed by atoms with Gasteiger partial charge in [-0.3, -0.25) is 9.59 Å². The van der Waals surface area contributed by atoms with Crippen molar-refractivity contribution in [1.82, 2.24) is 20.2 Å². The molecule has 3 heterocycles. The number of piperidine rings is 1. The maximum absolute atomic E-state index is 13.0. The van der Waals surface area contributed by atoms with Crippen molar-refractivity contribution >= 4 is 11.6 Å². The van der Waals surface area contributed by atoms with Crippen LogP contribution in [0.2, 0.25) is 0 Å². The molecular formula is C25H33N5O3. The molecule has 1 amide bonds. The first-order valence-electron chi connectivity index (χ1n) is 11.7. The quantitative estimate of drug-likeness (QED) is 0.569. The molecule has 8 heteroatoms. The third-order valence-electron chi connectivity index (χ3n) is 6.35. The van der Waals surface area contributed by atoms with E-state index >= 15 is 0 Å². The monoisotopic (exact) mass is 451 g/mol. The van der Waals surface area contributed by atoms with Gasteiger partial charge in [0, 0.05) is 62.3 Å². The molecule has 2 fully saturated rings. The van der Waals surface area contributed by atoms with Crippen LogP contribution in [0, 0.1) is 5.92 Å². The fourth-order valence-corrected chi connectivity index (χ4v) is 4.37. The molecule has 176 valence electrons. The highest BCUT2D eigenvalue weighted by molar-refractivity contribution is 5.87. The molecule has 0 aromatic carbocycles. The van der Waals surface area contributed by atoms with Crippen molar-refractivity contribution in [3.8, 4) is 17.0 Å². The average molecular weight is 452 g/mol. The van der Waals surface area contributed by atoms with E-state index in [-0.39, 0.29) is 17.5 Å². The third kappa shape index (κ3) is 5.82. The van der Waals surface area contributed by atoms with Crippen LogP contribution in [0.3, 0.4) is 0 Å². The van der Waals surface area contributed by atoms with Crippen LogP contribution in [0.1, 0.15) is 25.7 Å². The Morgan fingerprint density at radius 1 is 1.33 bits per heavy atom. The van der Waals surface area contributed by atoms with Crippen molar-refractivity contribution in [3.05, 3.63) is 53.1 Å². The number of rotatable bonds is 9. The van der Waals surface area contributed by atoms with Gasteiger partial charge in [-0.2, -0.15) is 0 Å². The van der Waals surface area contributed by atoms with Crippen molar-refractivity contribution < 1.29 is 9.53 Å². The van der Waals surface area contributed by atoms with Crippen molar-refractivity contribution in [2.45, 2.75) is 31.7 Å². The molecule has 1 saturated heterocycles. The minimum atomic E-state index is -0.0993. The standard InChI is InChI=1S/C25H33N5O3/c1-26-10-3-6-24(31)29-12-4-5-21(17-29)30(16-18-7-8-18)22-13-20(15-28-25(22)32)19-9-11-27-23(14-19)33-2/h3,6,9,11,13-15,18,21,26H,4-5,7-8,10,12,16-17H2,1-2H3,(H,28,32)/b6-3+/t21-/m1/s1. The number of aromatic amines is 1. The number of nitrogens with zero attached hydrogens (tertiary/aromatic N) is 3. The molecule has 0 unspecified atom stereocenters. The minimum Gasteiger partial charge on any atom is -0.481 e. The highest BCUT2D eigenvalue weighted by atomic mass is 16.5. The predicted octanol–water partition coefficient (Wildman–Crippen LogP) is 2.43. The Kier molecular flexibility index (Phi) is 7.44. The Morgan fingerprint density at radius 3 is 2.94 bits per heavy atom. The van der Waals surface area contributed by atoms with Crippen LogP contribution in [-0.4, -0.2) is 67.2 Å². The van der Waals surface area contributed by atoms with Crippen LogP contribution in [0.5, 0.6) is 5.88 Å². The summed E-state index contributed by atoms with van der Waals surface area (Å²) < 4.78 is 5.26. The van der Waals surface area contributed by atoms with E-state index in [0.717, 1.165) is 37.1 Å². The van der Waals surface area contributed by atoms with Crippen LogP contribution in [-0.2, 0) is 4.79 Å². The number of pyridine rings is 2. The SMILES string of the molecule is CNC/C=C/C(=O)N1CCC[C@@H](N(CC2CC2)c2cc(-c3ccnc(OC)c3)c[nH]c2=O)C1. The first-order valence-corrected chi connectivity index (χ1v) is 11.7. The number of hydrogen-bond acceptors (Lipinski definition) is 6. The van der Waals surface area contributed by atoms with Gasteiger partial charge < -0.3 is 24.8 Å². The van der Waals surface area contributed by atoms with Gasteiger partial charge in [0.1, 0.15) is 5.69 Å². The Balaban J connectivity index is 1.60. The summed E-state index contributed by atoms with van der Waals surface area (Å²) in [6.45, 7) is 2.89. The Morgan fingerprint density at radius 2 is 2.18 bits per heavy atom. The molecule has 1 aliphatic carbocycles. The highest BCUT2D eigenvalue weighted by Crippen LogP contribution is 2.34. The minimum absolute atomic E-state index is 0.0351. The lowest BCUT2D eigenvalue weighted by molar-refractivity contribution is -0.127. The molecule has 1 atom stereocenters. The molecule has 2 N–H and O–H groups in total. The van der Waals surface area contributed by atoms with Gasteiger partial charge in [0.2, 0.25) is 11.8 Å². The number of aromatic nitrogens is 2. The summed E-state index contributed by atoms with van der Waals surface area (Å²) in [6.07, 6.45) is 11.2. The number of nitrogens with one attached hydrogen (secondary N) is 2. The maximum Gasteiger partial charge on any atom is 0.271 e. The highest BCUT2D eigenvalue weighted by Gasteiger charge is 2.33. The van der Waals surface area contributed by atoms with Crippen LogP contribution in [0.4, 0.5) is 5.69 Å². The largest absolute Gasteiger partial charge is 0.481 e. The summed E-state index contributed by atoms with van der Waals surface area (Å²) in [7, 11) is 3.45. The zero-order chi connectivity index (χ0) is 23.2. The van der Waals surface area contributed by atoms with Gasteiger partial charge in [-0.05, 0) is 56.3 Å². The molecule has 4 rings (SSSR count). The number of carbonyl (C=O) groups excluding carboxylic acids is 1. The van der Waals surface area contributed by atoms with Crippen molar-refractivity contribution in [2.75, 3.05) is 45.2 Å². The molecule has 0 bridgehead atoms. The smallest absolute Gasteiger partial charge is 0.271 e. The van der Waals surface area contributed by atoms with Crippen LogP contribution >= 0.6 is 0 Å². The second-order valence-corrected chi connectivity index (χ2v) is 8.83. The first kappa shape index (κ1) is 23.0. The summed E-state index contributed by atoms with van der Waals surface area (Å²) in [4.78, 5) is 36.9. The van der Waals surface area contributed by atoms with Crippen molar-refractivity contribution in [1.29, 1.82) is 0 Å². The predicted molar refractivity (Wildman–Crippen MR) is 130 cm³/mol. The molecule has 1 aliphatic heterocycles. The Bertz CT molecular complexity index is 1050. The first-order chi connectivity index (χ1) is 16.1. The maximum atomic E-state index is 13.0. The normalized spacial score (nSPS) is 18.5. The molecular weight excluding hydrogens is 418 g/mol. The van der Waals surface area contributed by atoms with Crippen LogP contribution in [0.25, 0.3) is 11.1 Å². The van der Waals surface area contributed by atoms with E-state index in [9.17, 15) is 9.59 Å². The number of ether oxygens (including phenoxy) is 1. The summed E-state index contributed by atoms with van der Waals surface area (Å²) in [5.41, 5.74) is 2.41. The number of carbonyl (C=O) groups is 1. The lowest BCUT2D eigenvalue weighted by atomic mass is 10.0. The number of amides is 1. The zero-order valence-electron chi connectivity index (χ0n) is 19.4. The van der Waals surface area contributed by atoms with E-state index in [0.29, 0.717) is 30.6 Å². The fraction of sp³-hybridized carbons (Fsp3) is 0.480. The summed E-state index contributed by atoms with van der Waals surface area (Å²) in [5, 5.41) is 3.02. The molecule has 2 aliphatic rings. The summed E-state index contributed by atoms with van der Waals surface area (Å²) in [5.74, 6) is 1.17. The van der Waals surface area contributed by atoms with E-state index in [4.69, 9.17) is 4.74 Å². The second kappa shape index (κ2) is 10.7. The Hall–Kier alpha value is -3.13. The van der Waals surface area contributed by atoms with E-state index in [1.807, 2.05) is 36.2 Å². The van der Waals surface area contributed by atoms with Gasteiger partial charge in [-0.15, -0.1) is 0 Å². The third-order valence-corrected chi connectivity index (χ3v) is 6.35. The average Bonchev–Trinajstić information content (AvgIpc) is 3.67. The fourth-order valence-electron chi connectivity index (χ4n) is 4.37. The topological polar surface area (TPSA) is 90.6 Å². The lowest BCUT2D eigenvalue weighted by Crippen LogP contribution is -2.51. The van der Waals surface area contributed by atoms with E-state index < -0.39 is 0 Å². The number of methoxy groups -OCH3 is 1. The number of hydrogen-bond donors (Lipinski definition) is 2.